The van der Waals surface area contributed by atoms with Crippen molar-refractivity contribution in [1.29, 1.82) is 0 Å². The molecule has 36 heavy (non-hydrogen) atoms. The Labute approximate surface area is 205 Å². The Morgan fingerprint density at radius 3 is 1.81 bits per heavy atom. The minimum absolute atomic E-state index is 0.0574. The third kappa shape index (κ3) is 5.07. The van der Waals surface area contributed by atoms with Gasteiger partial charge in [-0.3, -0.25) is 4.79 Å². The summed E-state index contributed by atoms with van der Waals surface area (Å²) in [6.07, 6.45) is 0. The minimum atomic E-state index is -2.17. The van der Waals surface area contributed by atoms with Gasteiger partial charge in [-0.05, 0) is 50.2 Å². The summed E-state index contributed by atoms with van der Waals surface area (Å²) in [5, 5.41) is 2.81. The van der Waals surface area contributed by atoms with Crippen molar-refractivity contribution in [1.82, 2.24) is 0 Å². The largest absolute Gasteiger partial charge is 0.478 e. The predicted molar refractivity (Wildman–Crippen MR) is 127 cm³/mol. The van der Waals surface area contributed by atoms with Crippen LogP contribution in [0.2, 0.25) is 0 Å². The molecule has 0 aromatic heterocycles. The number of piperazine rings is 1. The Kier molecular flexibility index (Phi) is 7.05. The number of ether oxygens (including phenoxy) is 1. The van der Waals surface area contributed by atoms with Crippen molar-refractivity contribution in [3.63, 3.8) is 0 Å². The highest BCUT2D eigenvalue weighted by atomic mass is 19.2. The second kappa shape index (κ2) is 10.0. The van der Waals surface area contributed by atoms with Gasteiger partial charge in [0.25, 0.3) is 5.91 Å². The smallest absolute Gasteiger partial charge is 0.267 e. The first kappa shape index (κ1) is 25.3. The van der Waals surface area contributed by atoms with Crippen LogP contribution in [0.5, 0.6) is 5.75 Å². The maximum atomic E-state index is 14.1. The lowest BCUT2D eigenvalue weighted by Crippen LogP contribution is -2.47. The van der Waals surface area contributed by atoms with E-state index < -0.39 is 40.4 Å². The van der Waals surface area contributed by atoms with Gasteiger partial charge in [-0.1, -0.05) is 18.2 Å². The van der Waals surface area contributed by atoms with Gasteiger partial charge in [0.15, 0.2) is 28.9 Å². The zero-order chi connectivity index (χ0) is 26.0. The van der Waals surface area contributed by atoms with Gasteiger partial charge >= 0.3 is 0 Å². The number of hydrogen-bond donors (Lipinski definition) is 1. The molecule has 3 aromatic rings. The molecule has 0 aliphatic carbocycles. The fraction of sp³-hybridized carbons (Fsp3) is 0.269. The molecule has 1 heterocycles. The Morgan fingerprint density at radius 1 is 0.750 bits per heavy atom. The number of nitrogens with one attached hydrogen (secondary N) is 1. The third-order valence-electron chi connectivity index (χ3n) is 5.94. The molecule has 0 saturated carbocycles. The predicted octanol–water partition coefficient (Wildman–Crippen LogP) is 5.50. The Morgan fingerprint density at radius 2 is 1.25 bits per heavy atom. The van der Waals surface area contributed by atoms with Gasteiger partial charge in [0, 0.05) is 37.6 Å². The molecule has 0 unspecified atom stereocenters. The Balaban J connectivity index is 1.38. The Bertz CT molecular complexity index is 1220. The zero-order valence-corrected chi connectivity index (χ0v) is 19.6. The molecule has 4 rings (SSSR count). The number of carbonyl (C=O) groups is 1. The highest BCUT2D eigenvalue weighted by Crippen LogP contribution is 2.31. The van der Waals surface area contributed by atoms with Crippen molar-refractivity contribution in [3.05, 3.63) is 83.7 Å². The van der Waals surface area contributed by atoms with Crippen LogP contribution in [0, 0.1) is 29.1 Å². The minimum Gasteiger partial charge on any atom is -0.478 e. The van der Waals surface area contributed by atoms with E-state index in [1.54, 1.807) is 50.2 Å². The summed E-state index contributed by atoms with van der Waals surface area (Å²) in [6, 6.07) is 16.0. The number of carbonyl (C=O) groups excluding carboxylic acids is 1. The molecule has 3 aromatic carbocycles. The van der Waals surface area contributed by atoms with Crippen molar-refractivity contribution in [3.8, 4) is 5.75 Å². The van der Waals surface area contributed by atoms with Crippen LogP contribution in [-0.2, 0) is 4.79 Å². The summed E-state index contributed by atoms with van der Waals surface area (Å²) in [7, 11) is 0. The first-order chi connectivity index (χ1) is 17.1. The van der Waals surface area contributed by atoms with Gasteiger partial charge < -0.3 is 19.9 Å². The van der Waals surface area contributed by atoms with Crippen molar-refractivity contribution in [2.24, 2.45) is 0 Å². The Hall–Kier alpha value is -3.82. The maximum absolute atomic E-state index is 14.1. The van der Waals surface area contributed by atoms with E-state index in [4.69, 9.17) is 4.74 Å². The summed E-state index contributed by atoms with van der Waals surface area (Å²) in [5.74, 6) is -9.52. The molecule has 1 amide bonds. The molecule has 0 radical (unpaired) electrons. The summed E-state index contributed by atoms with van der Waals surface area (Å²) >= 11 is 0. The fourth-order valence-corrected chi connectivity index (χ4v) is 3.93. The average Bonchev–Trinajstić information content (AvgIpc) is 2.87. The van der Waals surface area contributed by atoms with E-state index >= 15 is 0 Å². The quantitative estimate of drug-likeness (QED) is 0.273. The lowest BCUT2D eigenvalue weighted by atomic mass is 10.1. The van der Waals surface area contributed by atoms with Crippen molar-refractivity contribution >= 4 is 23.0 Å². The molecule has 10 heteroatoms. The van der Waals surface area contributed by atoms with Crippen LogP contribution in [0.15, 0.2) is 54.6 Å². The van der Waals surface area contributed by atoms with E-state index in [9.17, 15) is 26.7 Å². The van der Waals surface area contributed by atoms with E-state index in [0.717, 1.165) is 10.6 Å². The standard InChI is InChI=1S/C26H24F5N3O2/c1-26(2,36-18-6-4-3-5-7-18)25(35)32-16-8-10-17(11-9-16)33-12-14-34(15-13-33)24-22(30)20(28)19(27)21(29)23(24)31/h3-11H,12-15H2,1-2H3,(H,32,35). The highest BCUT2D eigenvalue weighted by molar-refractivity contribution is 5.97. The van der Waals surface area contributed by atoms with E-state index in [1.165, 1.54) is 0 Å². The topological polar surface area (TPSA) is 44.8 Å². The first-order valence-electron chi connectivity index (χ1n) is 11.3. The van der Waals surface area contributed by atoms with Crippen LogP contribution in [0.3, 0.4) is 0 Å². The van der Waals surface area contributed by atoms with E-state index in [-0.39, 0.29) is 19.0 Å². The molecule has 0 bridgehead atoms. The number of nitrogens with zero attached hydrogens (tertiary/aromatic N) is 2. The van der Waals surface area contributed by atoms with Gasteiger partial charge in [-0.25, -0.2) is 22.0 Å². The summed E-state index contributed by atoms with van der Waals surface area (Å²) in [6.45, 7) is 4.03. The van der Waals surface area contributed by atoms with Crippen LogP contribution in [0.4, 0.5) is 39.0 Å². The second-order valence-electron chi connectivity index (χ2n) is 8.82. The van der Waals surface area contributed by atoms with Crippen molar-refractivity contribution in [2.75, 3.05) is 41.3 Å². The first-order valence-corrected chi connectivity index (χ1v) is 11.3. The van der Waals surface area contributed by atoms with Crippen LogP contribution >= 0.6 is 0 Å². The SMILES string of the molecule is CC(C)(Oc1ccccc1)C(=O)Nc1ccc(N2CCN(c3c(F)c(F)c(F)c(F)c3F)CC2)cc1. The van der Waals surface area contributed by atoms with E-state index in [0.29, 0.717) is 24.5 Å². The number of anilines is 3. The lowest BCUT2D eigenvalue weighted by Gasteiger charge is -2.37. The summed E-state index contributed by atoms with van der Waals surface area (Å²) in [4.78, 5) is 15.8. The molecule has 190 valence electrons. The van der Waals surface area contributed by atoms with Crippen LogP contribution in [-0.4, -0.2) is 37.7 Å². The van der Waals surface area contributed by atoms with Gasteiger partial charge in [0.1, 0.15) is 11.4 Å². The maximum Gasteiger partial charge on any atom is 0.267 e. The number of amides is 1. The molecule has 1 N–H and O–H groups in total. The lowest BCUT2D eigenvalue weighted by molar-refractivity contribution is -0.128. The van der Waals surface area contributed by atoms with Crippen LogP contribution < -0.4 is 19.9 Å². The molecular formula is C26H24F5N3O2. The molecule has 1 aliphatic rings. The summed E-state index contributed by atoms with van der Waals surface area (Å²) < 4.78 is 74.6. The van der Waals surface area contributed by atoms with Crippen molar-refractivity contribution in [2.45, 2.75) is 19.4 Å². The van der Waals surface area contributed by atoms with Gasteiger partial charge in [-0.15, -0.1) is 0 Å². The van der Waals surface area contributed by atoms with Crippen LogP contribution in [0.25, 0.3) is 0 Å². The van der Waals surface area contributed by atoms with E-state index in [1.807, 2.05) is 23.1 Å². The van der Waals surface area contributed by atoms with E-state index in [2.05, 4.69) is 5.32 Å². The molecule has 5 nitrogen and oxygen atoms in total. The zero-order valence-electron chi connectivity index (χ0n) is 19.6. The summed E-state index contributed by atoms with van der Waals surface area (Å²) in [5.41, 5.74) is -0.706. The molecule has 0 spiro atoms. The average molecular weight is 505 g/mol. The van der Waals surface area contributed by atoms with Crippen molar-refractivity contribution < 1.29 is 31.5 Å². The molecule has 1 saturated heterocycles. The number of para-hydroxylation sites is 1. The van der Waals surface area contributed by atoms with Gasteiger partial charge in [-0.2, -0.15) is 0 Å². The van der Waals surface area contributed by atoms with Gasteiger partial charge in [0.2, 0.25) is 5.82 Å². The monoisotopic (exact) mass is 505 g/mol. The number of benzene rings is 3. The second-order valence-corrected chi connectivity index (χ2v) is 8.82. The molecule has 1 fully saturated rings. The van der Waals surface area contributed by atoms with Gasteiger partial charge in [0.05, 0.1) is 0 Å². The fourth-order valence-electron chi connectivity index (χ4n) is 3.93. The van der Waals surface area contributed by atoms with Crippen LogP contribution in [0.1, 0.15) is 13.8 Å². The third-order valence-corrected chi connectivity index (χ3v) is 5.94. The normalized spacial score (nSPS) is 14.1. The number of rotatable bonds is 6. The molecule has 1 aliphatic heterocycles. The highest BCUT2D eigenvalue weighted by Gasteiger charge is 2.32. The number of halogens is 5. The molecular weight excluding hydrogens is 481 g/mol. The number of hydrogen-bond acceptors (Lipinski definition) is 4. The molecule has 0 atom stereocenters.